The number of pyridine rings is 3. The van der Waals surface area contributed by atoms with Crippen molar-refractivity contribution in [2.24, 2.45) is 0 Å². The Labute approximate surface area is 236 Å². The van der Waals surface area contributed by atoms with Crippen molar-refractivity contribution in [2.75, 3.05) is 41.3 Å². The molecular weight excluding hydrogens is 521 g/mol. The van der Waals surface area contributed by atoms with E-state index in [0.29, 0.717) is 52.8 Å². The lowest BCUT2D eigenvalue weighted by Crippen LogP contribution is -2.19. The predicted octanol–water partition coefficient (Wildman–Crippen LogP) is 4.77. The molecule has 1 aromatic carbocycles. The van der Waals surface area contributed by atoms with E-state index in [4.69, 9.17) is 9.72 Å². The molecule has 6 rings (SSSR count). The van der Waals surface area contributed by atoms with Gasteiger partial charge in [0, 0.05) is 60.6 Å². The molecule has 5 heterocycles. The fourth-order valence-electron chi connectivity index (χ4n) is 4.73. The summed E-state index contributed by atoms with van der Waals surface area (Å²) in [5.74, 6) is 0.591. The summed E-state index contributed by atoms with van der Waals surface area (Å²) >= 11 is 0. The maximum Gasteiger partial charge on any atom is 0.159 e. The van der Waals surface area contributed by atoms with E-state index < -0.39 is 5.82 Å². The normalized spacial score (nSPS) is 11.8. The van der Waals surface area contributed by atoms with Gasteiger partial charge in [-0.3, -0.25) is 15.1 Å². The molecule has 5 aromatic heterocycles. The Balaban J connectivity index is 1.37. The zero-order chi connectivity index (χ0) is 28.5. The van der Waals surface area contributed by atoms with Gasteiger partial charge in [0.15, 0.2) is 11.5 Å². The third-order valence-corrected chi connectivity index (χ3v) is 6.62. The van der Waals surface area contributed by atoms with Crippen LogP contribution in [0.3, 0.4) is 0 Å². The molecule has 10 nitrogen and oxygen atoms in total. The van der Waals surface area contributed by atoms with Crippen LogP contribution in [-0.2, 0) is 6.54 Å². The zero-order valence-electron chi connectivity index (χ0n) is 23.3. The minimum Gasteiger partial charge on any atom is -0.492 e. The Morgan fingerprint density at radius 1 is 0.878 bits per heavy atom. The van der Waals surface area contributed by atoms with E-state index in [2.05, 4.69) is 41.1 Å². The van der Waals surface area contributed by atoms with Crippen LogP contribution in [0.2, 0.25) is 0 Å². The van der Waals surface area contributed by atoms with Gasteiger partial charge in [0.25, 0.3) is 0 Å². The highest BCUT2D eigenvalue weighted by molar-refractivity contribution is 5.96. The molecule has 208 valence electrons. The van der Waals surface area contributed by atoms with Crippen molar-refractivity contribution in [3.8, 4) is 39.7 Å². The highest BCUT2D eigenvalue weighted by atomic mass is 19.1. The maximum absolute atomic E-state index is 14.6. The summed E-state index contributed by atoms with van der Waals surface area (Å²) in [5, 5.41) is 8.35. The Bertz CT molecular complexity index is 1840. The van der Waals surface area contributed by atoms with Crippen LogP contribution in [0.1, 0.15) is 5.56 Å². The van der Waals surface area contributed by atoms with Gasteiger partial charge >= 0.3 is 0 Å². The van der Waals surface area contributed by atoms with E-state index >= 15 is 0 Å². The summed E-state index contributed by atoms with van der Waals surface area (Å²) in [7, 11) is 7.97. The second-order valence-corrected chi connectivity index (χ2v) is 10.5. The number of hydrogen-bond donors (Lipinski definition) is 2. The van der Waals surface area contributed by atoms with Crippen molar-refractivity contribution >= 4 is 22.1 Å². The first kappa shape index (κ1) is 26.5. The van der Waals surface area contributed by atoms with Crippen LogP contribution in [0.25, 0.3) is 56.0 Å². The van der Waals surface area contributed by atoms with Crippen LogP contribution >= 0.6 is 0 Å². The van der Waals surface area contributed by atoms with E-state index in [1.165, 1.54) is 12.1 Å². The second kappa shape index (κ2) is 11.0. The van der Waals surface area contributed by atoms with Gasteiger partial charge in [-0.2, -0.15) is 5.10 Å². The molecular formula is C30H30FN9O. The molecule has 0 amide bonds. The number of aromatic nitrogens is 7. The van der Waals surface area contributed by atoms with Gasteiger partial charge in [-0.15, -0.1) is 0 Å². The third-order valence-electron chi connectivity index (χ3n) is 6.62. The molecule has 0 bridgehead atoms. The lowest BCUT2D eigenvalue weighted by atomic mass is 10.1. The molecule has 0 spiro atoms. The number of rotatable bonds is 9. The number of imidazole rings is 1. The molecule has 0 aliphatic heterocycles. The van der Waals surface area contributed by atoms with Crippen molar-refractivity contribution in [1.29, 1.82) is 0 Å². The van der Waals surface area contributed by atoms with Crippen molar-refractivity contribution in [3.05, 3.63) is 72.6 Å². The lowest BCUT2D eigenvalue weighted by molar-refractivity contribution is 0.260. The van der Waals surface area contributed by atoms with Crippen molar-refractivity contribution in [3.63, 3.8) is 0 Å². The van der Waals surface area contributed by atoms with E-state index in [0.717, 1.165) is 34.1 Å². The molecule has 0 saturated carbocycles. The van der Waals surface area contributed by atoms with Gasteiger partial charge in [0.2, 0.25) is 0 Å². The number of halogens is 1. The van der Waals surface area contributed by atoms with E-state index in [1.807, 2.05) is 63.8 Å². The number of fused-ring (bicyclic) bond motifs is 2. The Morgan fingerprint density at radius 2 is 1.73 bits per heavy atom. The molecule has 6 aromatic rings. The molecule has 0 radical (unpaired) electrons. The number of nitrogens with zero attached hydrogens (tertiary/aromatic N) is 7. The minimum absolute atomic E-state index is 0.405. The first-order valence-electron chi connectivity index (χ1n) is 13.2. The molecule has 0 aliphatic carbocycles. The number of hydrogen-bond acceptors (Lipinski definition) is 8. The average molecular weight is 552 g/mol. The fourth-order valence-corrected chi connectivity index (χ4v) is 4.73. The van der Waals surface area contributed by atoms with Crippen molar-refractivity contribution < 1.29 is 9.13 Å². The highest BCUT2D eigenvalue weighted by Crippen LogP contribution is 2.33. The predicted molar refractivity (Wildman–Crippen MR) is 157 cm³/mol. The molecule has 0 atom stereocenters. The Hall–Kier alpha value is -4.74. The van der Waals surface area contributed by atoms with Crippen molar-refractivity contribution in [2.45, 2.75) is 6.54 Å². The number of nitrogens with one attached hydrogen (secondary N) is 2. The summed E-state index contributed by atoms with van der Waals surface area (Å²) in [4.78, 5) is 25.9. The highest BCUT2D eigenvalue weighted by Gasteiger charge is 2.18. The first-order chi connectivity index (χ1) is 19.8. The summed E-state index contributed by atoms with van der Waals surface area (Å²) in [6.07, 6.45) is 7.19. The van der Waals surface area contributed by atoms with Crippen LogP contribution in [0.4, 0.5) is 4.39 Å². The summed E-state index contributed by atoms with van der Waals surface area (Å²) in [6.45, 7) is 1.95. The van der Waals surface area contributed by atoms with Gasteiger partial charge in [0.05, 0.1) is 16.6 Å². The molecule has 2 N–H and O–H groups in total. The van der Waals surface area contributed by atoms with Crippen molar-refractivity contribution in [1.82, 2.24) is 44.9 Å². The standard InChI is InChI=1S/C30H30FN9O/c1-39(2)7-8-41-23-11-19(10-22(31)13-23)26-28-25(5-6-33-26)35-30(36-28)27-24-12-21(16-34-29(24)38-37-27)20-9-18(14-32-15-20)17-40(3)4/h5-6,9-16H,7-8,17H2,1-4H3,(H,35,36)(H,34,37,38). The maximum atomic E-state index is 14.6. The van der Waals surface area contributed by atoms with Crippen LogP contribution in [0.5, 0.6) is 5.75 Å². The van der Waals surface area contributed by atoms with Gasteiger partial charge < -0.3 is 19.5 Å². The van der Waals surface area contributed by atoms with E-state index in [1.54, 1.807) is 12.3 Å². The Kier molecular flexibility index (Phi) is 7.12. The second-order valence-electron chi connectivity index (χ2n) is 10.5. The van der Waals surface area contributed by atoms with Crippen LogP contribution in [0, 0.1) is 5.82 Å². The molecule has 0 unspecified atom stereocenters. The lowest BCUT2D eigenvalue weighted by Gasteiger charge is -2.12. The number of H-pyrrole nitrogens is 2. The zero-order valence-corrected chi connectivity index (χ0v) is 23.3. The van der Waals surface area contributed by atoms with E-state index in [-0.39, 0.29) is 0 Å². The average Bonchev–Trinajstić information content (AvgIpc) is 3.56. The quantitative estimate of drug-likeness (QED) is 0.264. The van der Waals surface area contributed by atoms with Crippen LogP contribution in [0.15, 0.2) is 61.2 Å². The van der Waals surface area contributed by atoms with Gasteiger partial charge in [0.1, 0.15) is 29.4 Å². The molecule has 0 fully saturated rings. The molecule has 0 aliphatic rings. The van der Waals surface area contributed by atoms with Gasteiger partial charge in [-0.25, -0.2) is 14.4 Å². The minimum atomic E-state index is -0.405. The molecule has 41 heavy (non-hydrogen) atoms. The molecule has 11 heteroatoms. The Morgan fingerprint density at radius 3 is 2.56 bits per heavy atom. The monoisotopic (exact) mass is 551 g/mol. The summed E-state index contributed by atoms with van der Waals surface area (Å²) in [6, 6.07) is 10.6. The summed E-state index contributed by atoms with van der Waals surface area (Å²) < 4.78 is 20.4. The van der Waals surface area contributed by atoms with E-state index in [9.17, 15) is 4.39 Å². The third kappa shape index (κ3) is 5.63. The SMILES string of the molecule is CN(C)CCOc1cc(F)cc(-c2nccc3[nH]c(-c4n[nH]c5ncc(-c6cncc(CN(C)C)c6)cc45)nc23)c1. The first-order valence-corrected chi connectivity index (χ1v) is 13.2. The smallest absolute Gasteiger partial charge is 0.159 e. The van der Waals surface area contributed by atoms with Crippen LogP contribution in [-0.4, -0.2) is 86.3 Å². The summed E-state index contributed by atoms with van der Waals surface area (Å²) in [5.41, 5.74) is 6.76. The largest absolute Gasteiger partial charge is 0.492 e. The fraction of sp³-hybridized carbons (Fsp3) is 0.233. The topological polar surface area (TPSA) is 112 Å². The number of aromatic amines is 2. The number of ether oxygens (including phenoxy) is 1. The number of benzene rings is 1. The molecule has 0 saturated heterocycles. The van der Waals surface area contributed by atoms with Crippen LogP contribution < -0.4 is 4.74 Å². The number of likely N-dealkylation sites (N-methyl/N-ethyl adjacent to an activating group) is 1. The van der Waals surface area contributed by atoms with Gasteiger partial charge in [-0.1, -0.05) is 0 Å². The van der Waals surface area contributed by atoms with Gasteiger partial charge in [-0.05, 0) is 64.1 Å².